The summed E-state index contributed by atoms with van der Waals surface area (Å²) in [6, 6.07) is 105. The van der Waals surface area contributed by atoms with E-state index in [-0.39, 0.29) is 0 Å². The molecule has 2 aromatic heterocycles. The maximum Gasteiger partial charge on any atom is 0.144 e. The van der Waals surface area contributed by atoms with Crippen LogP contribution in [0.2, 0.25) is 0 Å². The Kier molecular flexibility index (Phi) is 9.27. The minimum atomic E-state index is -0.655. The SMILES string of the molecule is CC1(C)c2cc(N(c3ccccc3)c3ccc4c(c3)C3(C)c5cccc(c5)C5(c6ccccc6)c6ccccc6-c6c5c3c-4c3c6oc4ccccc43)ccc2-c2c1c1c(c3oc4ccccc4c23)-c2ccccc2C1(c1ccccc1)c1ccccc1. The second-order valence-electron chi connectivity index (χ2n) is 25.8. The van der Waals surface area contributed by atoms with Gasteiger partial charge in [0.2, 0.25) is 0 Å². The molecule has 0 aliphatic heterocycles. The molecule has 3 nitrogen and oxygen atoms in total. The number of nitrogens with zero attached hydrogens (tertiary/aromatic N) is 1. The fraction of sp³-hybridized carbons (Fsp3) is 0.0824. The second-order valence-corrected chi connectivity index (χ2v) is 25.8. The zero-order valence-corrected chi connectivity index (χ0v) is 48.8. The lowest BCUT2D eigenvalue weighted by Crippen LogP contribution is -2.32. The van der Waals surface area contributed by atoms with Crippen LogP contribution in [0.25, 0.3) is 88.4 Å². The molecule has 2 unspecified atom stereocenters. The van der Waals surface area contributed by atoms with Gasteiger partial charge in [0.1, 0.15) is 22.3 Å². The van der Waals surface area contributed by atoms with Crippen molar-refractivity contribution in [2.45, 2.75) is 42.4 Å². The monoisotopic (exact) mass is 1120 g/mol. The maximum atomic E-state index is 7.31. The van der Waals surface area contributed by atoms with Gasteiger partial charge in [0, 0.05) is 60.6 Å². The molecular weight excluding hydrogens is 1070 g/mol. The van der Waals surface area contributed by atoms with Gasteiger partial charge in [0.15, 0.2) is 0 Å². The molecule has 13 aromatic carbocycles. The van der Waals surface area contributed by atoms with E-state index >= 15 is 0 Å². The number of benzene rings is 13. The van der Waals surface area contributed by atoms with Crippen LogP contribution in [0.1, 0.15) is 93.1 Å². The predicted octanol–water partition coefficient (Wildman–Crippen LogP) is 21.6. The molecule has 5 aliphatic rings. The third-order valence-corrected chi connectivity index (χ3v) is 21.5. The first-order chi connectivity index (χ1) is 43.3. The van der Waals surface area contributed by atoms with E-state index in [0.717, 1.165) is 50.2 Å². The Balaban J connectivity index is 0.853. The van der Waals surface area contributed by atoms with Crippen molar-refractivity contribution in [2.24, 2.45) is 0 Å². The van der Waals surface area contributed by atoms with Crippen LogP contribution < -0.4 is 4.90 Å². The summed E-state index contributed by atoms with van der Waals surface area (Å²) >= 11 is 0. The van der Waals surface area contributed by atoms with Gasteiger partial charge in [-0.15, -0.1) is 0 Å². The highest BCUT2D eigenvalue weighted by molar-refractivity contribution is 6.23. The lowest BCUT2D eigenvalue weighted by atomic mass is 9.63. The number of anilines is 3. The van der Waals surface area contributed by atoms with Crippen molar-refractivity contribution in [3.63, 3.8) is 0 Å². The zero-order chi connectivity index (χ0) is 58.0. The Labute approximate surface area is 510 Å². The van der Waals surface area contributed by atoms with Crippen LogP contribution in [0, 0.1) is 0 Å². The van der Waals surface area contributed by atoms with Crippen molar-refractivity contribution in [1.82, 2.24) is 0 Å². The summed E-state index contributed by atoms with van der Waals surface area (Å²) in [5.41, 5.74) is 31.4. The minimum Gasteiger partial charge on any atom is -0.455 e. The number of para-hydroxylation sites is 3. The van der Waals surface area contributed by atoms with E-state index in [1.807, 2.05) is 0 Å². The molecule has 0 spiro atoms. The summed E-state index contributed by atoms with van der Waals surface area (Å²) in [5.74, 6) is 0. The zero-order valence-electron chi connectivity index (χ0n) is 48.8. The molecule has 412 valence electrons. The molecule has 3 heteroatoms. The smallest absolute Gasteiger partial charge is 0.144 e. The molecule has 2 heterocycles. The van der Waals surface area contributed by atoms with E-state index in [0.29, 0.717) is 0 Å². The van der Waals surface area contributed by atoms with E-state index in [1.54, 1.807) is 0 Å². The van der Waals surface area contributed by atoms with Gasteiger partial charge in [0.25, 0.3) is 0 Å². The highest BCUT2D eigenvalue weighted by atomic mass is 16.3. The highest BCUT2D eigenvalue weighted by Gasteiger charge is 2.58. The summed E-state index contributed by atoms with van der Waals surface area (Å²) < 4.78 is 14.6. The summed E-state index contributed by atoms with van der Waals surface area (Å²) in [4.78, 5) is 2.51. The number of rotatable bonds is 6. The normalized spacial score (nSPS) is 17.8. The molecule has 0 saturated heterocycles. The van der Waals surface area contributed by atoms with Gasteiger partial charge in [-0.1, -0.05) is 244 Å². The molecule has 88 heavy (non-hydrogen) atoms. The van der Waals surface area contributed by atoms with Crippen LogP contribution in [-0.2, 0) is 21.7 Å². The molecule has 15 aromatic rings. The van der Waals surface area contributed by atoms with Gasteiger partial charge in [-0.2, -0.15) is 0 Å². The van der Waals surface area contributed by atoms with Crippen molar-refractivity contribution in [3.05, 3.63) is 351 Å². The molecular formula is C85H55NO2. The number of hydrogen-bond acceptors (Lipinski definition) is 3. The summed E-state index contributed by atoms with van der Waals surface area (Å²) in [6.07, 6.45) is 0. The Morgan fingerprint density at radius 1 is 0.284 bits per heavy atom. The topological polar surface area (TPSA) is 29.5 Å². The standard InChI is InChI=1S/C85H55NO2/c1-82(2)66-48-56(43-45-60(66)70-72-62-37-18-22-41-68(62)87-80(72)74-58-35-16-20-39-64(58)84(78(74)76(70)82,50-25-8-4-9-26-50)51-27-10-5-11-28-51)86(55-33-14-7-15-34-55)57-44-46-61-67(49-57)83(3)53-31-24-32-54(47-53)85(52-29-12-6-13-30-52)65-40-21-17-36-59(65)75-79(85)77(83)71(61)73-63-38-19-23-42-69(63)88-81(73)75/h4-49H,1-3H3. The van der Waals surface area contributed by atoms with E-state index in [4.69, 9.17) is 8.83 Å². The third kappa shape index (κ3) is 5.64. The van der Waals surface area contributed by atoms with Crippen LogP contribution in [0.15, 0.2) is 288 Å². The predicted molar refractivity (Wildman–Crippen MR) is 359 cm³/mol. The van der Waals surface area contributed by atoms with Gasteiger partial charge < -0.3 is 13.7 Å². The van der Waals surface area contributed by atoms with Gasteiger partial charge in [-0.05, 0) is 161 Å². The number of hydrogen-bond donors (Lipinski definition) is 0. The van der Waals surface area contributed by atoms with E-state index in [1.165, 1.54) is 128 Å². The van der Waals surface area contributed by atoms with Crippen LogP contribution in [0.3, 0.4) is 0 Å². The van der Waals surface area contributed by atoms with E-state index in [9.17, 15) is 0 Å². The van der Waals surface area contributed by atoms with Crippen LogP contribution in [-0.4, -0.2) is 0 Å². The molecule has 5 aliphatic carbocycles. The number of fused-ring (bicyclic) bond motifs is 27. The van der Waals surface area contributed by atoms with Crippen molar-refractivity contribution in [2.75, 3.05) is 4.90 Å². The van der Waals surface area contributed by atoms with Crippen molar-refractivity contribution < 1.29 is 8.83 Å². The molecule has 0 radical (unpaired) electrons. The van der Waals surface area contributed by atoms with E-state index < -0.39 is 21.7 Å². The molecule has 0 N–H and O–H groups in total. The largest absolute Gasteiger partial charge is 0.455 e. The van der Waals surface area contributed by atoms with Crippen LogP contribution >= 0.6 is 0 Å². The quantitative estimate of drug-likeness (QED) is 0.166. The lowest BCUT2D eigenvalue weighted by Gasteiger charge is -2.37. The third-order valence-electron chi connectivity index (χ3n) is 21.5. The van der Waals surface area contributed by atoms with Crippen molar-refractivity contribution >= 4 is 60.9 Å². The van der Waals surface area contributed by atoms with Crippen molar-refractivity contribution in [1.29, 1.82) is 0 Å². The molecule has 0 amide bonds. The van der Waals surface area contributed by atoms with Crippen LogP contribution in [0.4, 0.5) is 17.1 Å². The first-order valence-corrected chi connectivity index (χ1v) is 31.0. The fourth-order valence-corrected chi connectivity index (χ4v) is 18.1. The molecule has 20 rings (SSSR count). The Bertz CT molecular complexity index is 5520. The molecule has 0 fully saturated rings. The summed E-state index contributed by atoms with van der Waals surface area (Å²) in [6.45, 7) is 7.47. The summed E-state index contributed by atoms with van der Waals surface area (Å²) in [5, 5.41) is 4.65. The van der Waals surface area contributed by atoms with Gasteiger partial charge in [-0.25, -0.2) is 0 Å². The van der Waals surface area contributed by atoms with Gasteiger partial charge in [0.05, 0.1) is 10.8 Å². The first kappa shape index (κ1) is 48.5. The Morgan fingerprint density at radius 3 is 1.25 bits per heavy atom. The first-order valence-electron chi connectivity index (χ1n) is 31.0. The van der Waals surface area contributed by atoms with Crippen LogP contribution in [0.5, 0.6) is 0 Å². The lowest BCUT2D eigenvalue weighted by molar-refractivity contribution is 0.631. The average Bonchev–Trinajstić information content (AvgIpc) is 1.49. The Morgan fingerprint density at radius 2 is 0.693 bits per heavy atom. The molecule has 2 atom stereocenters. The second kappa shape index (κ2) is 16.8. The molecule has 2 bridgehead atoms. The van der Waals surface area contributed by atoms with Gasteiger partial charge in [-0.3, -0.25) is 0 Å². The summed E-state index contributed by atoms with van der Waals surface area (Å²) in [7, 11) is 0. The van der Waals surface area contributed by atoms with Crippen molar-refractivity contribution in [3.8, 4) is 44.5 Å². The van der Waals surface area contributed by atoms with E-state index in [2.05, 4.69) is 305 Å². The average molecular weight is 1120 g/mol. The minimum absolute atomic E-state index is 0.489. The highest BCUT2D eigenvalue weighted by Crippen LogP contribution is 2.70. The Hall–Kier alpha value is -10.7. The maximum absolute atomic E-state index is 7.31. The van der Waals surface area contributed by atoms with Gasteiger partial charge >= 0.3 is 0 Å². The number of furan rings is 2. The fourth-order valence-electron chi connectivity index (χ4n) is 18.1. The molecule has 0 saturated carbocycles.